The molecule has 9 heteroatoms. The van der Waals surface area contributed by atoms with Crippen LogP contribution in [0.3, 0.4) is 0 Å². The van der Waals surface area contributed by atoms with Crippen molar-refractivity contribution in [1.29, 1.82) is 0 Å². The summed E-state index contributed by atoms with van der Waals surface area (Å²) in [4.78, 5) is 25.0. The molecule has 1 fully saturated rings. The van der Waals surface area contributed by atoms with Crippen LogP contribution in [0.1, 0.15) is 18.4 Å². The maximum Gasteiger partial charge on any atom is 0.267 e. The Morgan fingerprint density at radius 2 is 2.00 bits per heavy atom. The molecule has 0 unspecified atom stereocenters. The van der Waals surface area contributed by atoms with Gasteiger partial charge in [0.15, 0.2) is 0 Å². The molecule has 3 rings (SSSR count). The normalized spacial score (nSPS) is 16.9. The molecule has 1 aliphatic rings. The van der Waals surface area contributed by atoms with E-state index in [0.717, 1.165) is 0 Å². The molecule has 1 heterocycles. The summed E-state index contributed by atoms with van der Waals surface area (Å²) >= 11 is 5.91. The van der Waals surface area contributed by atoms with Crippen molar-refractivity contribution in [2.45, 2.75) is 30.7 Å². The Kier molecular flexibility index (Phi) is 5.62. The van der Waals surface area contributed by atoms with E-state index in [0.29, 0.717) is 26.3 Å². The van der Waals surface area contributed by atoms with Gasteiger partial charge in [-0.3, -0.25) is 9.59 Å². The summed E-state index contributed by atoms with van der Waals surface area (Å²) in [6.07, 6.45) is 0.0849. The number of ether oxygens (including phenoxy) is 1. The van der Waals surface area contributed by atoms with Gasteiger partial charge in [-0.2, -0.15) is 0 Å². The van der Waals surface area contributed by atoms with E-state index in [1.165, 1.54) is 25.3 Å². The average molecular weight is 423 g/mol. The molecule has 0 saturated carbocycles. The molecule has 28 heavy (non-hydrogen) atoms. The van der Waals surface area contributed by atoms with Gasteiger partial charge in [0.1, 0.15) is 11.8 Å². The Hall–Kier alpha value is -2.58. The van der Waals surface area contributed by atoms with Crippen molar-refractivity contribution in [3.8, 4) is 5.75 Å². The number of nitrogens with one attached hydrogen (secondary N) is 1. The van der Waals surface area contributed by atoms with E-state index in [-0.39, 0.29) is 17.7 Å². The van der Waals surface area contributed by atoms with E-state index in [4.69, 9.17) is 16.3 Å². The average Bonchev–Trinajstić information content (AvgIpc) is 3.04. The van der Waals surface area contributed by atoms with Gasteiger partial charge in [0.05, 0.1) is 12.0 Å². The summed E-state index contributed by atoms with van der Waals surface area (Å²) in [5.74, 6) is -0.663. The van der Waals surface area contributed by atoms with Gasteiger partial charge in [0.25, 0.3) is 10.0 Å². The Morgan fingerprint density at radius 3 is 2.64 bits per heavy atom. The van der Waals surface area contributed by atoms with Gasteiger partial charge < -0.3 is 10.1 Å². The maximum absolute atomic E-state index is 13.1. The highest BCUT2D eigenvalue weighted by molar-refractivity contribution is 7.89. The van der Waals surface area contributed by atoms with E-state index in [2.05, 4.69) is 5.32 Å². The molecule has 0 radical (unpaired) electrons. The number of amides is 2. The molecule has 2 amide bonds. The molecule has 1 atom stereocenters. The summed E-state index contributed by atoms with van der Waals surface area (Å²) in [6.45, 7) is 1.70. The fraction of sp³-hybridized carbons (Fsp3) is 0.263. The molecule has 148 valence electrons. The molecule has 0 bridgehead atoms. The largest absolute Gasteiger partial charge is 0.496 e. The zero-order valence-electron chi connectivity index (χ0n) is 15.3. The highest BCUT2D eigenvalue weighted by Crippen LogP contribution is 2.30. The second kappa shape index (κ2) is 7.81. The monoisotopic (exact) mass is 422 g/mol. The number of carbonyl (C=O) groups excluding carboxylic acids is 2. The molecule has 2 aromatic carbocycles. The van der Waals surface area contributed by atoms with Crippen molar-refractivity contribution < 1.29 is 22.7 Å². The lowest BCUT2D eigenvalue weighted by atomic mass is 10.2. The number of hydrogen-bond donors (Lipinski definition) is 1. The Bertz CT molecular complexity index is 1040. The van der Waals surface area contributed by atoms with Gasteiger partial charge in [-0.05, 0) is 55.3 Å². The van der Waals surface area contributed by atoms with Crippen LogP contribution in [0.15, 0.2) is 47.4 Å². The highest BCUT2D eigenvalue weighted by Gasteiger charge is 2.44. The molecule has 0 aliphatic carbocycles. The molecule has 0 spiro atoms. The number of hydrogen-bond acceptors (Lipinski definition) is 5. The van der Waals surface area contributed by atoms with Gasteiger partial charge in [-0.15, -0.1) is 0 Å². The Labute approximate surface area is 168 Å². The van der Waals surface area contributed by atoms with E-state index in [9.17, 15) is 18.0 Å². The van der Waals surface area contributed by atoms with Crippen LogP contribution in [0.2, 0.25) is 5.02 Å². The van der Waals surface area contributed by atoms with Crippen LogP contribution in [0.4, 0.5) is 5.69 Å². The predicted octanol–water partition coefficient (Wildman–Crippen LogP) is 2.98. The zero-order valence-corrected chi connectivity index (χ0v) is 16.9. The summed E-state index contributed by atoms with van der Waals surface area (Å²) in [6, 6.07) is 9.66. The number of nitrogens with zero attached hydrogens (tertiary/aromatic N) is 1. The second-order valence-corrected chi connectivity index (χ2v) is 8.63. The van der Waals surface area contributed by atoms with Crippen molar-refractivity contribution in [2.24, 2.45) is 0 Å². The first kappa shape index (κ1) is 20.2. The number of benzene rings is 2. The lowest BCUT2D eigenvalue weighted by Crippen LogP contribution is -2.45. The third-order valence-electron chi connectivity index (χ3n) is 4.48. The molecular weight excluding hydrogens is 404 g/mol. The van der Waals surface area contributed by atoms with Gasteiger partial charge >= 0.3 is 0 Å². The minimum Gasteiger partial charge on any atom is -0.496 e. The standard InChI is InChI=1S/C19H19ClN2O5S/c1-12-10-15(6-8-17(12)27-2)28(25,26)22-16(7-9-18(22)23)19(24)21-14-5-3-4-13(20)11-14/h3-6,8,10-11,16H,7,9H2,1-2H3,(H,21,24)/t16-/m1/s1. The number of anilines is 1. The molecule has 1 N–H and O–H groups in total. The third-order valence-corrected chi connectivity index (χ3v) is 6.54. The SMILES string of the molecule is COc1ccc(S(=O)(=O)N2C(=O)CC[C@@H]2C(=O)Nc2cccc(Cl)c2)cc1C. The summed E-state index contributed by atoms with van der Waals surface area (Å²) in [7, 11) is -2.71. The number of methoxy groups -OCH3 is 1. The summed E-state index contributed by atoms with van der Waals surface area (Å²) < 4.78 is 32.0. The minimum absolute atomic E-state index is 0.0258. The summed E-state index contributed by atoms with van der Waals surface area (Å²) in [5, 5.41) is 3.06. The zero-order chi connectivity index (χ0) is 20.5. The number of sulfonamides is 1. The number of halogens is 1. The third kappa shape index (κ3) is 3.83. The quantitative estimate of drug-likeness (QED) is 0.799. The lowest BCUT2D eigenvalue weighted by Gasteiger charge is -2.24. The first-order valence-electron chi connectivity index (χ1n) is 8.52. The number of carbonyl (C=O) groups is 2. The van der Waals surface area contributed by atoms with Crippen LogP contribution in [0.5, 0.6) is 5.75 Å². The highest BCUT2D eigenvalue weighted by atomic mass is 35.5. The van der Waals surface area contributed by atoms with E-state index in [1.807, 2.05) is 0 Å². The maximum atomic E-state index is 13.1. The molecule has 2 aromatic rings. The fourth-order valence-electron chi connectivity index (χ4n) is 3.12. The number of aryl methyl sites for hydroxylation is 1. The lowest BCUT2D eigenvalue weighted by molar-refractivity contribution is -0.128. The second-order valence-electron chi connectivity index (χ2n) is 6.38. The Balaban J connectivity index is 1.90. The van der Waals surface area contributed by atoms with Crippen molar-refractivity contribution in [3.05, 3.63) is 53.1 Å². The van der Waals surface area contributed by atoms with Gasteiger partial charge in [-0.25, -0.2) is 12.7 Å². The van der Waals surface area contributed by atoms with E-state index in [1.54, 1.807) is 31.2 Å². The molecule has 0 aromatic heterocycles. The van der Waals surface area contributed by atoms with Gasteiger partial charge in [0.2, 0.25) is 11.8 Å². The van der Waals surface area contributed by atoms with Crippen LogP contribution in [0, 0.1) is 6.92 Å². The van der Waals surface area contributed by atoms with E-state index < -0.39 is 27.9 Å². The molecular formula is C19H19ClN2O5S. The van der Waals surface area contributed by atoms with Crippen molar-refractivity contribution in [1.82, 2.24) is 4.31 Å². The van der Waals surface area contributed by atoms with Gasteiger partial charge in [0, 0.05) is 17.1 Å². The van der Waals surface area contributed by atoms with Crippen LogP contribution in [-0.4, -0.2) is 37.7 Å². The van der Waals surface area contributed by atoms with Crippen LogP contribution in [-0.2, 0) is 19.6 Å². The molecule has 1 saturated heterocycles. The Morgan fingerprint density at radius 1 is 1.25 bits per heavy atom. The van der Waals surface area contributed by atoms with Gasteiger partial charge in [-0.1, -0.05) is 17.7 Å². The first-order chi connectivity index (χ1) is 13.2. The predicted molar refractivity (Wildman–Crippen MR) is 105 cm³/mol. The van der Waals surface area contributed by atoms with Crippen molar-refractivity contribution in [3.63, 3.8) is 0 Å². The van der Waals surface area contributed by atoms with Crippen LogP contribution < -0.4 is 10.1 Å². The molecule has 7 nitrogen and oxygen atoms in total. The van der Waals surface area contributed by atoms with Crippen molar-refractivity contribution >= 4 is 39.1 Å². The number of rotatable bonds is 5. The first-order valence-corrected chi connectivity index (χ1v) is 10.3. The minimum atomic E-state index is -4.19. The van der Waals surface area contributed by atoms with E-state index >= 15 is 0 Å². The smallest absolute Gasteiger partial charge is 0.267 e. The van der Waals surface area contributed by atoms with Crippen LogP contribution in [0.25, 0.3) is 0 Å². The fourth-order valence-corrected chi connectivity index (χ4v) is 5.00. The topological polar surface area (TPSA) is 92.8 Å². The van der Waals surface area contributed by atoms with Crippen LogP contribution >= 0.6 is 11.6 Å². The molecule has 1 aliphatic heterocycles. The summed E-state index contributed by atoms with van der Waals surface area (Å²) in [5.41, 5.74) is 1.03. The van der Waals surface area contributed by atoms with Crippen molar-refractivity contribution in [2.75, 3.05) is 12.4 Å².